The maximum absolute atomic E-state index is 11.6. The lowest BCUT2D eigenvalue weighted by atomic mass is 10.2. The van der Waals surface area contributed by atoms with E-state index in [4.69, 9.17) is 4.84 Å². The summed E-state index contributed by atoms with van der Waals surface area (Å²) in [5.74, 6) is 0. The summed E-state index contributed by atoms with van der Waals surface area (Å²) in [4.78, 5) is 18.4. The molecular formula is C17H19N3O2. The van der Waals surface area contributed by atoms with E-state index in [1.54, 1.807) is 12.1 Å². The van der Waals surface area contributed by atoms with Crippen molar-refractivity contribution in [2.75, 3.05) is 24.3 Å². The molecule has 0 aromatic heterocycles. The summed E-state index contributed by atoms with van der Waals surface area (Å²) in [5.41, 5.74) is 3.74. The summed E-state index contributed by atoms with van der Waals surface area (Å²) in [6.45, 7) is 1.98. The van der Waals surface area contributed by atoms with Crippen LogP contribution in [0.4, 0.5) is 16.2 Å². The number of nitrogens with one attached hydrogen (secondary N) is 1. The van der Waals surface area contributed by atoms with Gasteiger partial charge in [-0.05, 0) is 36.8 Å². The number of benzene rings is 2. The van der Waals surface area contributed by atoms with E-state index in [0.29, 0.717) is 5.69 Å². The van der Waals surface area contributed by atoms with E-state index in [-0.39, 0.29) is 0 Å². The fourth-order valence-electron chi connectivity index (χ4n) is 1.77. The second-order valence-corrected chi connectivity index (χ2v) is 5.09. The van der Waals surface area contributed by atoms with Crippen LogP contribution in [-0.2, 0) is 4.84 Å². The Labute approximate surface area is 130 Å². The third-order valence-electron chi connectivity index (χ3n) is 3.04. The number of rotatable bonds is 4. The number of hydrogen-bond acceptors (Lipinski definition) is 4. The highest BCUT2D eigenvalue weighted by atomic mass is 16.7. The molecule has 5 nitrogen and oxygen atoms in total. The Hall–Kier alpha value is -2.82. The molecule has 1 N–H and O–H groups in total. The minimum absolute atomic E-state index is 0.620. The molecule has 2 aromatic rings. The van der Waals surface area contributed by atoms with Gasteiger partial charge in [-0.3, -0.25) is 10.2 Å². The molecule has 22 heavy (non-hydrogen) atoms. The fourth-order valence-corrected chi connectivity index (χ4v) is 1.77. The van der Waals surface area contributed by atoms with Gasteiger partial charge < -0.3 is 4.90 Å². The van der Waals surface area contributed by atoms with Crippen molar-refractivity contribution in [1.29, 1.82) is 0 Å². The molecule has 0 saturated heterocycles. The van der Waals surface area contributed by atoms with Crippen molar-refractivity contribution in [3.05, 3.63) is 59.7 Å². The Morgan fingerprint density at radius 1 is 1.09 bits per heavy atom. The predicted octanol–water partition coefficient (Wildman–Crippen LogP) is 3.64. The Balaban J connectivity index is 1.86. The van der Waals surface area contributed by atoms with Crippen LogP contribution in [0.1, 0.15) is 11.1 Å². The van der Waals surface area contributed by atoms with Gasteiger partial charge in [-0.2, -0.15) is 0 Å². The van der Waals surface area contributed by atoms with Crippen molar-refractivity contribution < 1.29 is 9.63 Å². The highest BCUT2D eigenvalue weighted by Gasteiger charge is 2.01. The van der Waals surface area contributed by atoms with Gasteiger partial charge in [0, 0.05) is 25.5 Å². The number of aryl methyl sites for hydroxylation is 1. The largest absolute Gasteiger partial charge is 0.437 e. The van der Waals surface area contributed by atoms with Crippen LogP contribution in [0.5, 0.6) is 0 Å². The average molecular weight is 297 g/mol. The molecule has 0 heterocycles. The van der Waals surface area contributed by atoms with Crippen LogP contribution in [0.15, 0.2) is 53.7 Å². The van der Waals surface area contributed by atoms with Crippen LogP contribution in [0.2, 0.25) is 0 Å². The van der Waals surface area contributed by atoms with Gasteiger partial charge in [-0.1, -0.05) is 35.0 Å². The summed E-state index contributed by atoms with van der Waals surface area (Å²) < 4.78 is 0. The number of hydrogen-bond donors (Lipinski definition) is 1. The van der Waals surface area contributed by atoms with Crippen LogP contribution >= 0.6 is 0 Å². The zero-order valence-electron chi connectivity index (χ0n) is 12.9. The molecule has 0 atom stereocenters. The Kier molecular flexibility index (Phi) is 5.14. The molecule has 0 aliphatic rings. The van der Waals surface area contributed by atoms with E-state index >= 15 is 0 Å². The lowest BCUT2D eigenvalue weighted by Gasteiger charge is -2.11. The van der Waals surface area contributed by atoms with Gasteiger partial charge in [0.05, 0.1) is 6.21 Å². The molecule has 0 radical (unpaired) electrons. The maximum atomic E-state index is 11.6. The van der Waals surface area contributed by atoms with Crippen molar-refractivity contribution in [3.63, 3.8) is 0 Å². The highest BCUT2D eigenvalue weighted by molar-refractivity contribution is 5.86. The van der Waals surface area contributed by atoms with Crippen molar-refractivity contribution in [2.24, 2.45) is 5.16 Å². The molecule has 0 aliphatic carbocycles. The first-order chi connectivity index (χ1) is 10.5. The third-order valence-corrected chi connectivity index (χ3v) is 3.04. The second-order valence-electron chi connectivity index (χ2n) is 5.09. The van der Waals surface area contributed by atoms with E-state index in [1.165, 1.54) is 6.21 Å². The minimum Gasteiger partial charge on any atom is -0.378 e. The molecule has 0 unspecified atom stereocenters. The average Bonchev–Trinajstić information content (AvgIpc) is 2.50. The van der Waals surface area contributed by atoms with E-state index in [1.807, 2.05) is 62.3 Å². The zero-order valence-corrected chi connectivity index (χ0v) is 12.9. The van der Waals surface area contributed by atoms with E-state index < -0.39 is 6.09 Å². The first-order valence-corrected chi connectivity index (χ1v) is 6.90. The fraction of sp³-hybridized carbons (Fsp3) is 0.176. The maximum Gasteiger partial charge on any atom is 0.437 e. The molecule has 0 spiro atoms. The number of carbonyl (C=O) groups is 1. The molecule has 0 aliphatic heterocycles. The van der Waals surface area contributed by atoms with Crippen LogP contribution in [-0.4, -0.2) is 26.4 Å². The lowest BCUT2D eigenvalue weighted by Crippen LogP contribution is -2.10. The number of oxime groups is 1. The number of nitrogens with zero attached hydrogens (tertiary/aromatic N) is 2. The SMILES string of the molecule is Cc1ccc(NC(=O)O/N=C\c2ccc(N(C)C)cc2)cc1. The summed E-state index contributed by atoms with van der Waals surface area (Å²) in [6.07, 6.45) is 0.874. The third kappa shape index (κ3) is 4.63. The molecule has 0 bridgehead atoms. The monoisotopic (exact) mass is 297 g/mol. The zero-order chi connectivity index (χ0) is 15.9. The second kappa shape index (κ2) is 7.26. The molecule has 0 saturated carbocycles. The number of carbonyl (C=O) groups excluding carboxylic acids is 1. The molecule has 2 aromatic carbocycles. The van der Waals surface area contributed by atoms with Gasteiger partial charge in [0.2, 0.25) is 0 Å². The first-order valence-electron chi connectivity index (χ1n) is 6.90. The molecule has 0 fully saturated rings. The van der Waals surface area contributed by atoms with Gasteiger partial charge in [0.1, 0.15) is 0 Å². The topological polar surface area (TPSA) is 53.9 Å². The standard InChI is InChI=1S/C17H19N3O2/c1-13-4-8-15(9-5-13)19-17(21)22-18-12-14-6-10-16(11-7-14)20(2)3/h4-12H,1-3H3,(H,19,21)/b18-12-. The van der Waals surface area contributed by atoms with Gasteiger partial charge >= 0.3 is 6.09 Å². The van der Waals surface area contributed by atoms with Gasteiger partial charge in [-0.15, -0.1) is 0 Å². The van der Waals surface area contributed by atoms with E-state index in [9.17, 15) is 4.79 Å². The van der Waals surface area contributed by atoms with Crippen LogP contribution in [0, 0.1) is 6.92 Å². The van der Waals surface area contributed by atoms with Gasteiger partial charge in [0.15, 0.2) is 0 Å². The number of amides is 1. The first kappa shape index (κ1) is 15.6. The normalized spacial score (nSPS) is 10.5. The predicted molar refractivity (Wildman–Crippen MR) is 89.6 cm³/mol. The Bertz CT molecular complexity index is 647. The quantitative estimate of drug-likeness (QED) is 0.532. The molecule has 5 heteroatoms. The molecule has 1 amide bonds. The summed E-state index contributed by atoms with van der Waals surface area (Å²) in [7, 11) is 3.95. The van der Waals surface area contributed by atoms with Crippen molar-refractivity contribution >= 4 is 23.7 Å². The summed E-state index contributed by atoms with van der Waals surface area (Å²) >= 11 is 0. The van der Waals surface area contributed by atoms with Crippen LogP contribution in [0.3, 0.4) is 0 Å². The molecule has 2 rings (SSSR count). The lowest BCUT2D eigenvalue weighted by molar-refractivity contribution is 0.167. The summed E-state index contributed by atoms with van der Waals surface area (Å²) in [6, 6.07) is 15.2. The highest BCUT2D eigenvalue weighted by Crippen LogP contribution is 2.11. The van der Waals surface area contributed by atoms with E-state index in [0.717, 1.165) is 16.8 Å². The smallest absolute Gasteiger partial charge is 0.378 e. The number of anilines is 2. The van der Waals surface area contributed by atoms with Crippen LogP contribution in [0.25, 0.3) is 0 Å². The van der Waals surface area contributed by atoms with Gasteiger partial charge in [0.25, 0.3) is 0 Å². The van der Waals surface area contributed by atoms with Crippen molar-refractivity contribution in [1.82, 2.24) is 0 Å². The molecular weight excluding hydrogens is 278 g/mol. The summed E-state index contributed by atoms with van der Waals surface area (Å²) in [5, 5.41) is 6.28. The van der Waals surface area contributed by atoms with E-state index in [2.05, 4.69) is 10.5 Å². The van der Waals surface area contributed by atoms with Crippen molar-refractivity contribution in [3.8, 4) is 0 Å². The Morgan fingerprint density at radius 2 is 1.73 bits per heavy atom. The molecule has 114 valence electrons. The van der Waals surface area contributed by atoms with Crippen molar-refractivity contribution in [2.45, 2.75) is 6.92 Å². The van der Waals surface area contributed by atoms with Gasteiger partial charge in [-0.25, -0.2) is 4.79 Å². The van der Waals surface area contributed by atoms with Crippen LogP contribution < -0.4 is 10.2 Å². The minimum atomic E-state index is -0.620. The Morgan fingerprint density at radius 3 is 2.32 bits per heavy atom.